The molecule has 0 aromatic rings. The summed E-state index contributed by atoms with van der Waals surface area (Å²) in [5.41, 5.74) is 10.6. The van der Waals surface area contributed by atoms with Crippen LogP contribution >= 0.6 is 0 Å². The normalized spacial score (nSPS) is 27.4. The predicted octanol–water partition coefficient (Wildman–Crippen LogP) is 1.77. The van der Waals surface area contributed by atoms with Crippen molar-refractivity contribution in [2.24, 2.45) is 27.8 Å². The number of Topliss-reactive ketones (excluding diaryl/α,β-unsaturated/α-hetero) is 1. The summed E-state index contributed by atoms with van der Waals surface area (Å²) >= 11 is 0. The van der Waals surface area contributed by atoms with Gasteiger partial charge < -0.3 is 51.6 Å². The summed E-state index contributed by atoms with van der Waals surface area (Å²) in [6, 6.07) is -1.06. The molecule has 0 aromatic carbocycles. The first-order valence-corrected chi connectivity index (χ1v) is 17.7. The van der Waals surface area contributed by atoms with Crippen LogP contribution in [-0.2, 0) is 33.4 Å². The van der Waals surface area contributed by atoms with E-state index in [-0.39, 0.29) is 62.5 Å². The Labute approximate surface area is 306 Å². The van der Waals surface area contributed by atoms with Crippen LogP contribution in [0.4, 0.5) is 0 Å². The van der Waals surface area contributed by atoms with Gasteiger partial charge in [0.05, 0.1) is 24.4 Å². The largest absolute Gasteiger partial charge is 0.480 e. The number of ether oxygens (including phenoxy) is 3. The number of hydrogen-bond acceptors (Lipinski definition) is 10. The van der Waals surface area contributed by atoms with Crippen molar-refractivity contribution in [1.82, 2.24) is 10.6 Å². The molecule has 2 aliphatic rings. The molecule has 2 fully saturated rings. The number of aliphatic hydroxyl groups excluding tert-OH is 2. The molecule has 52 heavy (non-hydrogen) atoms. The van der Waals surface area contributed by atoms with Crippen LogP contribution in [0.3, 0.4) is 0 Å². The van der Waals surface area contributed by atoms with Gasteiger partial charge in [-0.3, -0.25) is 19.4 Å². The van der Waals surface area contributed by atoms with Crippen molar-refractivity contribution in [3.05, 3.63) is 48.6 Å². The smallest absolute Gasteiger partial charge is 0.326 e. The van der Waals surface area contributed by atoms with Gasteiger partial charge in [0.2, 0.25) is 11.7 Å². The summed E-state index contributed by atoms with van der Waals surface area (Å²) in [7, 11) is 1.37. The third-order valence-electron chi connectivity index (χ3n) is 9.77. The molecule has 2 rings (SSSR count). The molecule has 0 bridgehead atoms. The molecule has 8 unspecified atom stereocenters. The Morgan fingerprint density at radius 1 is 1.13 bits per heavy atom. The zero-order valence-electron chi connectivity index (χ0n) is 31.1. The molecule has 0 saturated carbocycles. The van der Waals surface area contributed by atoms with Crippen LogP contribution in [-0.4, -0.2) is 107 Å². The quantitative estimate of drug-likeness (QED) is 0.0236. The molecule has 2 saturated heterocycles. The average Bonchev–Trinajstić information content (AvgIpc) is 3.08. The summed E-state index contributed by atoms with van der Waals surface area (Å²) in [4.78, 5) is 53.2. The number of aliphatic carboxylic acids is 1. The van der Waals surface area contributed by atoms with Gasteiger partial charge in [-0.15, -0.1) is 0 Å². The van der Waals surface area contributed by atoms with Crippen molar-refractivity contribution in [2.45, 2.75) is 121 Å². The number of guanidine groups is 1. The molecule has 2 amide bonds. The Morgan fingerprint density at radius 2 is 1.83 bits per heavy atom. The molecule has 0 spiro atoms. The maximum Gasteiger partial charge on any atom is 0.326 e. The number of rotatable bonds is 20. The van der Waals surface area contributed by atoms with Gasteiger partial charge in [-0.2, -0.15) is 0 Å². The molecule has 15 heteroatoms. The van der Waals surface area contributed by atoms with Crippen molar-refractivity contribution in [1.29, 1.82) is 0 Å². The highest BCUT2D eigenvalue weighted by Crippen LogP contribution is 2.40. The number of allylic oxidation sites excluding steroid dienone is 5. The number of methoxy groups -OCH3 is 1. The van der Waals surface area contributed by atoms with E-state index in [0.717, 1.165) is 5.57 Å². The minimum absolute atomic E-state index is 0.0146. The molecular formula is C37H59N5O10. The van der Waals surface area contributed by atoms with Gasteiger partial charge in [0.15, 0.2) is 12.1 Å². The molecule has 0 aliphatic carbocycles. The molecule has 0 aromatic heterocycles. The zero-order chi connectivity index (χ0) is 39.1. The lowest BCUT2D eigenvalue weighted by Crippen LogP contribution is -2.59. The lowest BCUT2D eigenvalue weighted by atomic mass is 9.74. The molecule has 2 heterocycles. The number of hydrogen-bond donors (Lipinski definition) is 7. The second-order valence-corrected chi connectivity index (χ2v) is 14.1. The number of carbonyl (C=O) groups excluding carboxylic acids is 3. The third kappa shape index (κ3) is 13.6. The van der Waals surface area contributed by atoms with Gasteiger partial charge >= 0.3 is 5.97 Å². The number of aliphatic imine (C=N–C) groups is 1. The van der Waals surface area contributed by atoms with E-state index in [1.54, 1.807) is 18.2 Å². The number of unbranched alkanes of at least 4 members (excludes halogenated alkanes) is 1. The third-order valence-corrected chi connectivity index (χ3v) is 9.77. The Balaban J connectivity index is 1.78. The van der Waals surface area contributed by atoms with E-state index in [4.69, 9.17) is 25.7 Å². The number of aliphatic hydroxyl groups is 2. The Morgan fingerprint density at radius 3 is 2.46 bits per heavy atom. The summed E-state index contributed by atoms with van der Waals surface area (Å²) < 4.78 is 17.7. The van der Waals surface area contributed by atoms with Crippen LogP contribution in [0.15, 0.2) is 53.6 Å². The van der Waals surface area contributed by atoms with Gasteiger partial charge in [0.1, 0.15) is 11.8 Å². The van der Waals surface area contributed by atoms with Crippen LogP contribution in [0, 0.1) is 11.3 Å². The Bertz CT molecular complexity index is 1360. The maximum absolute atomic E-state index is 13.0. The molecule has 15 nitrogen and oxygen atoms in total. The van der Waals surface area contributed by atoms with E-state index >= 15 is 0 Å². The second-order valence-electron chi connectivity index (χ2n) is 14.1. The van der Waals surface area contributed by atoms with Gasteiger partial charge in [-0.05, 0) is 32.6 Å². The number of carboxylic acids is 1. The fourth-order valence-electron chi connectivity index (χ4n) is 6.00. The first-order chi connectivity index (χ1) is 24.4. The predicted molar refractivity (Wildman–Crippen MR) is 196 cm³/mol. The molecule has 8 atom stereocenters. The summed E-state index contributed by atoms with van der Waals surface area (Å²) in [6.07, 6.45) is 8.46. The minimum Gasteiger partial charge on any atom is -0.480 e. The molecule has 0 radical (unpaired) electrons. The van der Waals surface area contributed by atoms with Crippen LogP contribution in [0.1, 0.15) is 79.1 Å². The lowest BCUT2D eigenvalue weighted by Gasteiger charge is -2.46. The highest BCUT2D eigenvalue weighted by Gasteiger charge is 2.50. The van der Waals surface area contributed by atoms with Crippen molar-refractivity contribution < 1.29 is 48.7 Å². The number of carbonyl (C=O) groups is 4. The number of amides is 2. The number of nitrogens with two attached hydrogens (primary N) is 2. The SMILES string of the molecule is C=C1CC(OC)(C(O)C(=O)NCC2CC(O)C(C)(C)C(CC(=O)CCCC=CC=CC=CC(=O)NC(CCCN=C(N)N)C(=O)O)O2)OC(C)C1C. The van der Waals surface area contributed by atoms with E-state index in [1.165, 1.54) is 19.3 Å². The van der Waals surface area contributed by atoms with Crippen molar-refractivity contribution >= 4 is 29.5 Å². The standard InChI is InChI=1S/C37H59N5O10/c1-23-21-37(50-6,52-25(3)24(23)2)32(46)33(47)41-22-27-20-29(44)36(4,5)30(51-27)19-26(43)15-12-10-8-7-9-11-13-17-31(45)42-28(34(48)49)16-14-18-40-35(38)39/h7-9,11,13,17,24-25,27-30,32,44,46H,1,10,12,14-16,18-22H2,2-6H3,(H,41,47)(H,42,45)(H,48,49)(H4,38,39,40). The molecule has 292 valence electrons. The minimum atomic E-state index is -1.63. The monoisotopic (exact) mass is 733 g/mol. The van der Waals surface area contributed by atoms with E-state index in [2.05, 4.69) is 22.2 Å². The van der Waals surface area contributed by atoms with Gasteiger partial charge in [0, 0.05) is 63.3 Å². The number of carboxylic acid groups (broad SMARTS) is 1. The van der Waals surface area contributed by atoms with Crippen LogP contribution in [0.2, 0.25) is 0 Å². The van der Waals surface area contributed by atoms with E-state index < -0.39 is 59.4 Å². The molecular weight excluding hydrogens is 674 g/mol. The Hall–Kier alpha value is -3.89. The van der Waals surface area contributed by atoms with Crippen LogP contribution in [0.25, 0.3) is 0 Å². The molecule has 2 aliphatic heterocycles. The summed E-state index contributed by atoms with van der Waals surface area (Å²) in [6.45, 7) is 11.8. The average molecular weight is 734 g/mol. The summed E-state index contributed by atoms with van der Waals surface area (Å²) in [5, 5.41) is 36.3. The lowest BCUT2D eigenvalue weighted by molar-refractivity contribution is -0.297. The van der Waals surface area contributed by atoms with Gasteiger partial charge in [-0.1, -0.05) is 63.3 Å². The highest BCUT2D eigenvalue weighted by atomic mass is 16.7. The van der Waals surface area contributed by atoms with Gasteiger partial charge in [-0.25, -0.2) is 4.79 Å². The van der Waals surface area contributed by atoms with Crippen molar-refractivity contribution in [3.63, 3.8) is 0 Å². The Kier molecular flexibility index (Phi) is 17.9. The van der Waals surface area contributed by atoms with Crippen LogP contribution < -0.4 is 22.1 Å². The topological polar surface area (TPSA) is 245 Å². The van der Waals surface area contributed by atoms with Gasteiger partial charge in [0.25, 0.3) is 5.91 Å². The summed E-state index contributed by atoms with van der Waals surface area (Å²) in [5.74, 6) is -4.02. The second kappa shape index (κ2) is 21.0. The fraction of sp³-hybridized carbons (Fsp3) is 0.649. The number of nitrogens with zero attached hydrogens (tertiary/aromatic N) is 1. The van der Waals surface area contributed by atoms with Crippen molar-refractivity contribution in [2.75, 3.05) is 20.2 Å². The highest BCUT2D eigenvalue weighted by molar-refractivity contribution is 5.91. The van der Waals surface area contributed by atoms with E-state index in [0.29, 0.717) is 25.7 Å². The van der Waals surface area contributed by atoms with Crippen molar-refractivity contribution in [3.8, 4) is 0 Å². The first kappa shape index (κ1) is 44.3. The maximum atomic E-state index is 13.0. The first-order valence-electron chi connectivity index (χ1n) is 17.7. The fourth-order valence-corrected chi connectivity index (χ4v) is 6.00. The molecule has 9 N–H and O–H groups in total. The van der Waals surface area contributed by atoms with E-state index in [9.17, 15) is 34.5 Å². The van der Waals surface area contributed by atoms with Crippen LogP contribution in [0.5, 0.6) is 0 Å². The number of nitrogens with one attached hydrogen (secondary N) is 2. The number of ketones is 1. The van der Waals surface area contributed by atoms with E-state index in [1.807, 2.05) is 33.8 Å². The zero-order valence-corrected chi connectivity index (χ0v) is 31.1.